The second-order valence-corrected chi connectivity index (χ2v) is 8.13. The number of likely N-dealkylation sites (tertiary alicyclic amines) is 1. The fraction of sp³-hybridized carbons (Fsp3) is 0.500. The predicted molar refractivity (Wildman–Crippen MR) is 106 cm³/mol. The molecule has 158 valence electrons. The van der Waals surface area contributed by atoms with Crippen LogP contribution in [0.3, 0.4) is 0 Å². The van der Waals surface area contributed by atoms with Crippen molar-refractivity contribution in [2.45, 2.75) is 38.0 Å². The number of ether oxygens (including phenoxy) is 3. The normalized spacial score (nSPS) is 26.1. The van der Waals surface area contributed by atoms with Crippen molar-refractivity contribution in [1.82, 2.24) is 14.5 Å². The number of hydrogen-bond donors (Lipinski definition) is 0. The molecule has 2 aromatic heterocycles. The molecule has 3 aliphatic rings. The zero-order valence-corrected chi connectivity index (χ0v) is 16.7. The summed E-state index contributed by atoms with van der Waals surface area (Å²) in [7, 11) is 0. The average molecular weight is 411 g/mol. The zero-order chi connectivity index (χ0) is 20.6. The molecule has 0 radical (unpaired) electrons. The van der Waals surface area contributed by atoms with Gasteiger partial charge in [-0.05, 0) is 37.3 Å². The largest absolute Gasteiger partial charge is 0.475 e. The number of esters is 2. The Balaban J connectivity index is 1.35. The van der Waals surface area contributed by atoms with Crippen molar-refractivity contribution in [3.63, 3.8) is 0 Å². The van der Waals surface area contributed by atoms with Crippen LogP contribution in [0.25, 0.3) is 5.52 Å². The first kappa shape index (κ1) is 19.1. The lowest BCUT2D eigenvalue weighted by Gasteiger charge is -2.52. The third kappa shape index (κ3) is 3.45. The van der Waals surface area contributed by atoms with Gasteiger partial charge in [-0.25, -0.2) is 19.0 Å². The number of piperidine rings is 1. The van der Waals surface area contributed by atoms with E-state index in [9.17, 15) is 9.59 Å². The molecule has 5 rings (SSSR count). The van der Waals surface area contributed by atoms with Gasteiger partial charge in [0.25, 0.3) is 0 Å². The molecule has 2 fully saturated rings. The van der Waals surface area contributed by atoms with Gasteiger partial charge in [0.2, 0.25) is 5.88 Å². The van der Waals surface area contributed by atoms with Crippen LogP contribution in [-0.2, 0) is 19.1 Å². The first-order valence-corrected chi connectivity index (χ1v) is 10.6. The molecule has 30 heavy (non-hydrogen) atoms. The maximum Gasteiger partial charge on any atom is 0.335 e. The van der Waals surface area contributed by atoms with E-state index in [-0.39, 0.29) is 5.92 Å². The summed E-state index contributed by atoms with van der Waals surface area (Å²) >= 11 is 0. The molecule has 2 aliphatic heterocycles. The Labute approximate surface area is 174 Å². The standard InChI is InChI=1S/C22H25N3O5/c26-20-8-9-21(27)30-22(29-20)18-7-2-1-5-16(18)10-12-24(22)13-14-28-19-15-17-6-3-4-11-25(17)23-19/h3-4,6,8-9,11,15-16,18H,1-2,5,7,10,12-14H2. The molecule has 0 amide bonds. The van der Waals surface area contributed by atoms with Crippen molar-refractivity contribution in [2.75, 3.05) is 19.7 Å². The number of hydrogen-bond acceptors (Lipinski definition) is 7. The van der Waals surface area contributed by atoms with Gasteiger partial charge in [0.1, 0.15) is 6.61 Å². The number of carbonyl (C=O) groups excluding carboxylic acids is 2. The summed E-state index contributed by atoms with van der Waals surface area (Å²) in [5.74, 6) is -1.56. The minimum Gasteiger partial charge on any atom is -0.475 e. The molecule has 2 atom stereocenters. The highest BCUT2D eigenvalue weighted by Crippen LogP contribution is 2.47. The van der Waals surface area contributed by atoms with E-state index in [0.29, 0.717) is 31.5 Å². The molecule has 8 nitrogen and oxygen atoms in total. The average Bonchev–Trinajstić information content (AvgIpc) is 3.10. The number of rotatable bonds is 4. The lowest BCUT2D eigenvalue weighted by atomic mass is 9.72. The van der Waals surface area contributed by atoms with Crippen LogP contribution in [0, 0.1) is 11.8 Å². The van der Waals surface area contributed by atoms with Crippen molar-refractivity contribution in [2.24, 2.45) is 11.8 Å². The molecular formula is C22H25N3O5. The first-order valence-electron chi connectivity index (χ1n) is 10.6. The predicted octanol–water partition coefficient (Wildman–Crippen LogP) is 2.54. The SMILES string of the molecule is O=C1C=CC(=O)OC2(O1)C1CCCCC1CCN2CCOc1cc2ccccn2n1. The van der Waals surface area contributed by atoms with Crippen LogP contribution in [0.4, 0.5) is 0 Å². The first-order chi connectivity index (χ1) is 14.6. The van der Waals surface area contributed by atoms with E-state index in [4.69, 9.17) is 14.2 Å². The van der Waals surface area contributed by atoms with Gasteiger partial charge in [0.05, 0.1) is 11.4 Å². The van der Waals surface area contributed by atoms with Crippen molar-refractivity contribution in [1.29, 1.82) is 0 Å². The molecule has 0 N–H and O–H groups in total. The highest BCUT2D eigenvalue weighted by Gasteiger charge is 2.57. The van der Waals surface area contributed by atoms with Crippen LogP contribution in [0.15, 0.2) is 42.6 Å². The molecule has 1 saturated heterocycles. The minimum absolute atomic E-state index is 0.0250. The quantitative estimate of drug-likeness (QED) is 0.715. The van der Waals surface area contributed by atoms with Gasteiger partial charge in [-0.2, -0.15) is 0 Å². The molecule has 0 aromatic carbocycles. The van der Waals surface area contributed by atoms with Gasteiger partial charge < -0.3 is 14.2 Å². The van der Waals surface area contributed by atoms with Gasteiger partial charge in [-0.3, -0.25) is 0 Å². The molecule has 2 unspecified atom stereocenters. The van der Waals surface area contributed by atoms with E-state index in [2.05, 4.69) is 5.10 Å². The highest BCUT2D eigenvalue weighted by atomic mass is 16.8. The molecule has 1 spiro atoms. The van der Waals surface area contributed by atoms with Crippen molar-refractivity contribution < 1.29 is 23.8 Å². The highest BCUT2D eigenvalue weighted by molar-refractivity contribution is 5.93. The Kier molecular flexibility index (Phi) is 4.94. The maximum absolute atomic E-state index is 12.3. The lowest BCUT2D eigenvalue weighted by Crippen LogP contribution is -2.65. The smallest absolute Gasteiger partial charge is 0.335 e. The number of fused-ring (bicyclic) bond motifs is 3. The van der Waals surface area contributed by atoms with Crippen LogP contribution in [0.5, 0.6) is 5.88 Å². The third-order valence-electron chi connectivity index (χ3n) is 6.40. The summed E-state index contributed by atoms with van der Waals surface area (Å²) in [6, 6.07) is 7.69. The van der Waals surface area contributed by atoms with Crippen molar-refractivity contribution in [3.8, 4) is 5.88 Å². The Bertz CT molecular complexity index is 931. The maximum atomic E-state index is 12.3. The second-order valence-electron chi connectivity index (χ2n) is 8.13. The van der Waals surface area contributed by atoms with Crippen LogP contribution in [-0.4, -0.2) is 52.1 Å². The fourth-order valence-electron chi connectivity index (χ4n) is 5.05. The van der Waals surface area contributed by atoms with E-state index < -0.39 is 17.8 Å². The topological polar surface area (TPSA) is 82.4 Å². The monoisotopic (exact) mass is 411 g/mol. The molecule has 2 aromatic rings. The van der Waals surface area contributed by atoms with E-state index in [1.165, 1.54) is 0 Å². The zero-order valence-electron chi connectivity index (χ0n) is 16.7. The van der Waals surface area contributed by atoms with Crippen LogP contribution >= 0.6 is 0 Å². The van der Waals surface area contributed by atoms with Gasteiger partial charge in [0.15, 0.2) is 0 Å². The summed E-state index contributed by atoms with van der Waals surface area (Å²) in [6.45, 7) is 1.47. The molecule has 8 heteroatoms. The third-order valence-corrected chi connectivity index (χ3v) is 6.40. The molecular weight excluding hydrogens is 386 g/mol. The van der Waals surface area contributed by atoms with Crippen LogP contribution in [0.1, 0.15) is 32.1 Å². The Morgan fingerprint density at radius 1 is 1.10 bits per heavy atom. The molecule has 0 bridgehead atoms. The van der Waals surface area contributed by atoms with Gasteiger partial charge in [0, 0.05) is 37.5 Å². The summed E-state index contributed by atoms with van der Waals surface area (Å²) in [5, 5.41) is 4.40. The van der Waals surface area contributed by atoms with E-state index in [0.717, 1.165) is 49.8 Å². The fourth-order valence-corrected chi connectivity index (χ4v) is 5.05. The van der Waals surface area contributed by atoms with E-state index in [1.54, 1.807) is 4.52 Å². The van der Waals surface area contributed by atoms with E-state index >= 15 is 0 Å². The Hall–Kier alpha value is -2.87. The second kappa shape index (κ2) is 7.75. The van der Waals surface area contributed by atoms with Gasteiger partial charge in [-0.15, -0.1) is 5.10 Å². The molecule has 1 saturated carbocycles. The Morgan fingerprint density at radius 3 is 2.70 bits per heavy atom. The summed E-state index contributed by atoms with van der Waals surface area (Å²) in [5.41, 5.74) is 0.949. The van der Waals surface area contributed by atoms with Gasteiger partial charge in [-0.1, -0.05) is 18.9 Å². The molecule has 1 aliphatic carbocycles. The number of nitrogens with zero attached hydrogens (tertiary/aromatic N) is 3. The number of aromatic nitrogens is 2. The Morgan fingerprint density at radius 2 is 1.90 bits per heavy atom. The van der Waals surface area contributed by atoms with Crippen LogP contribution < -0.4 is 4.74 Å². The minimum atomic E-state index is -1.36. The lowest BCUT2D eigenvalue weighted by molar-refractivity contribution is -0.330. The van der Waals surface area contributed by atoms with Crippen LogP contribution in [0.2, 0.25) is 0 Å². The summed E-state index contributed by atoms with van der Waals surface area (Å²) < 4.78 is 19.3. The van der Waals surface area contributed by atoms with Crippen molar-refractivity contribution in [3.05, 3.63) is 42.6 Å². The molecule has 4 heterocycles. The number of pyridine rings is 1. The van der Waals surface area contributed by atoms with Gasteiger partial charge >= 0.3 is 17.8 Å². The summed E-state index contributed by atoms with van der Waals surface area (Å²) in [4.78, 5) is 26.6. The number of carbonyl (C=O) groups is 2. The van der Waals surface area contributed by atoms with Crippen molar-refractivity contribution >= 4 is 17.5 Å². The summed E-state index contributed by atoms with van der Waals surface area (Å²) in [6.07, 6.45) is 9.29. The van der Waals surface area contributed by atoms with E-state index in [1.807, 2.05) is 35.4 Å².